The molecule has 1 aromatic rings. The van der Waals surface area contributed by atoms with Gasteiger partial charge < -0.3 is 4.74 Å². The summed E-state index contributed by atoms with van der Waals surface area (Å²) < 4.78 is 5.44. The van der Waals surface area contributed by atoms with Crippen molar-refractivity contribution in [2.75, 3.05) is 6.61 Å². The van der Waals surface area contributed by atoms with Gasteiger partial charge in [0.15, 0.2) is 0 Å². The molecule has 0 bridgehead atoms. The summed E-state index contributed by atoms with van der Waals surface area (Å²) in [4.78, 5) is 20.2. The zero-order valence-corrected chi connectivity index (χ0v) is 9.43. The van der Waals surface area contributed by atoms with Crippen molar-refractivity contribution in [1.29, 1.82) is 0 Å². The van der Waals surface area contributed by atoms with Crippen molar-refractivity contribution >= 4 is 5.97 Å². The molecule has 0 aliphatic carbocycles. The zero-order chi connectivity index (χ0) is 12.0. The molecule has 1 aromatic carbocycles. The third-order valence-corrected chi connectivity index (χ3v) is 1.68. The van der Waals surface area contributed by atoms with E-state index in [1.165, 1.54) is 0 Å². The van der Waals surface area contributed by atoms with Crippen LogP contribution in [0.15, 0.2) is 24.3 Å². The first-order chi connectivity index (χ1) is 7.63. The van der Waals surface area contributed by atoms with Crippen molar-refractivity contribution in [3.63, 3.8) is 0 Å². The summed E-state index contributed by atoms with van der Waals surface area (Å²) in [6.07, 6.45) is 0.104. The fourth-order valence-corrected chi connectivity index (χ4v) is 1.09. The summed E-state index contributed by atoms with van der Waals surface area (Å²) in [7, 11) is 0. The Balaban J connectivity index is 2.60. The fourth-order valence-electron chi connectivity index (χ4n) is 1.09. The second-order valence-electron chi connectivity index (χ2n) is 3.38. The third kappa shape index (κ3) is 3.90. The van der Waals surface area contributed by atoms with Crippen LogP contribution < -0.4 is 4.74 Å². The Morgan fingerprint density at radius 1 is 1.31 bits per heavy atom. The van der Waals surface area contributed by atoms with Gasteiger partial charge in [-0.15, -0.1) is 0 Å². The van der Waals surface area contributed by atoms with E-state index in [9.17, 15) is 4.79 Å². The predicted molar refractivity (Wildman–Crippen MR) is 58.9 cm³/mol. The minimum absolute atomic E-state index is 0.0836. The van der Waals surface area contributed by atoms with E-state index >= 15 is 0 Å². The largest absolute Gasteiger partial charge is 0.491 e. The molecule has 0 saturated carbocycles. The molecule has 0 amide bonds. The molecule has 0 spiro atoms. The number of hydrogen-bond donors (Lipinski definition) is 0. The number of ether oxygens (including phenoxy) is 1. The molecule has 1 radical (unpaired) electrons. The lowest BCUT2D eigenvalue weighted by atomic mass is 10.2. The highest BCUT2D eigenvalue weighted by molar-refractivity contribution is 5.89. The number of carbonyl (C=O) groups is 1. The summed E-state index contributed by atoms with van der Waals surface area (Å²) in [5.41, 5.74) is 0.407. The normalized spacial score (nSPS) is 10.2. The van der Waals surface area contributed by atoms with Crippen molar-refractivity contribution in [1.82, 2.24) is 0 Å². The van der Waals surface area contributed by atoms with Crippen molar-refractivity contribution < 1.29 is 19.3 Å². The molecular weight excluding hydrogens is 208 g/mol. The molecule has 0 N–H and O–H groups in total. The van der Waals surface area contributed by atoms with E-state index in [-0.39, 0.29) is 12.7 Å². The highest BCUT2D eigenvalue weighted by Gasteiger charge is 2.08. The van der Waals surface area contributed by atoms with Gasteiger partial charge in [-0.3, -0.25) is 4.89 Å². The maximum Gasteiger partial charge on any atom is 0.373 e. The van der Waals surface area contributed by atoms with Gasteiger partial charge in [-0.25, -0.2) is 4.79 Å². The van der Waals surface area contributed by atoms with Gasteiger partial charge in [-0.2, -0.15) is 4.89 Å². The van der Waals surface area contributed by atoms with Crippen LogP contribution in [0.2, 0.25) is 0 Å². The molecule has 0 unspecified atom stereocenters. The quantitative estimate of drug-likeness (QED) is 0.568. The Bertz CT molecular complexity index is 329. The third-order valence-electron chi connectivity index (χ3n) is 1.68. The standard InChI is InChI=1S/C12H15O4/c1-4-14-16-12(13)10-5-7-11(8-6-10)15-9(2)3/h5-9H,1,4H2,2-3H3. The first-order valence-electron chi connectivity index (χ1n) is 5.03. The summed E-state index contributed by atoms with van der Waals surface area (Å²) in [6, 6.07) is 6.65. The molecule has 1 rings (SSSR count). The molecule has 0 aromatic heterocycles. The van der Waals surface area contributed by atoms with Crippen LogP contribution in [-0.2, 0) is 9.78 Å². The Hall–Kier alpha value is -1.55. The number of carbonyl (C=O) groups excluding carboxylic acids is 1. The lowest BCUT2D eigenvalue weighted by Gasteiger charge is -2.09. The van der Waals surface area contributed by atoms with Gasteiger partial charge in [0, 0.05) is 0 Å². The fraction of sp³-hybridized carbons (Fsp3) is 0.333. The molecule has 0 aliphatic heterocycles. The molecule has 0 heterocycles. The summed E-state index contributed by atoms with van der Waals surface area (Å²) in [6.45, 7) is 7.33. The zero-order valence-electron chi connectivity index (χ0n) is 9.43. The van der Waals surface area contributed by atoms with Crippen molar-refractivity contribution in [2.45, 2.75) is 20.0 Å². The highest BCUT2D eigenvalue weighted by Crippen LogP contribution is 2.14. The SMILES string of the molecule is [CH2]COOC(=O)c1ccc(OC(C)C)cc1. The van der Waals surface area contributed by atoms with Gasteiger partial charge in [0.2, 0.25) is 0 Å². The van der Waals surface area contributed by atoms with Crippen LogP contribution in [0.3, 0.4) is 0 Å². The Morgan fingerprint density at radius 2 is 1.94 bits per heavy atom. The lowest BCUT2D eigenvalue weighted by Crippen LogP contribution is -2.07. The van der Waals surface area contributed by atoms with Crippen LogP contribution in [0.25, 0.3) is 0 Å². The van der Waals surface area contributed by atoms with E-state index in [0.717, 1.165) is 0 Å². The van der Waals surface area contributed by atoms with Gasteiger partial charge in [0.25, 0.3) is 0 Å². The van der Waals surface area contributed by atoms with Crippen LogP contribution in [0.4, 0.5) is 0 Å². The second kappa shape index (κ2) is 6.12. The average Bonchev–Trinajstić information content (AvgIpc) is 2.26. The molecule has 4 heteroatoms. The van der Waals surface area contributed by atoms with E-state index < -0.39 is 5.97 Å². The van der Waals surface area contributed by atoms with E-state index in [4.69, 9.17) is 4.74 Å². The minimum atomic E-state index is -0.542. The van der Waals surface area contributed by atoms with E-state index in [2.05, 4.69) is 16.7 Å². The maximum atomic E-state index is 11.3. The molecule has 16 heavy (non-hydrogen) atoms. The molecule has 4 nitrogen and oxygen atoms in total. The topological polar surface area (TPSA) is 44.8 Å². The smallest absolute Gasteiger partial charge is 0.373 e. The molecule has 87 valence electrons. The van der Waals surface area contributed by atoms with Crippen molar-refractivity contribution in [3.05, 3.63) is 36.8 Å². The number of hydrogen-bond acceptors (Lipinski definition) is 4. The summed E-state index contributed by atoms with van der Waals surface area (Å²) in [5.74, 6) is 0.171. The van der Waals surface area contributed by atoms with Gasteiger partial charge in [0.05, 0.1) is 18.3 Å². The molecule has 0 saturated heterocycles. The Kier molecular flexibility index (Phi) is 4.79. The lowest BCUT2D eigenvalue weighted by molar-refractivity contribution is -0.232. The van der Waals surface area contributed by atoms with E-state index in [1.807, 2.05) is 13.8 Å². The minimum Gasteiger partial charge on any atom is -0.491 e. The first kappa shape index (κ1) is 12.5. The van der Waals surface area contributed by atoms with Gasteiger partial charge in [0.1, 0.15) is 5.75 Å². The van der Waals surface area contributed by atoms with Gasteiger partial charge in [-0.05, 0) is 45.0 Å². The second-order valence-corrected chi connectivity index (χ2v) is 3.38. The monoisotopic (exact) mass is 223 g/mol. The molecule has 0 atom stereocenters. The van der Waals surface area contributed by atoms with Gasteiger partial charge >= 0.3 is 5.97 Å². The molecular formula is C12H15O4. The Morgan fingerprint density at radius 3 is 2.44 bits per heavy atom. The highest BCUT2D eigenvalue weighted by atomic mass is 17.2. The summed E-state index contributed by atoms with van der Waals surface area (Å²) >= 11 is 0. The van der Waals surface area contributed by atoms with Crippen LogP contribution in [0.5, 0.6) is 5.75 Å². The maximum absolute atomic E-state index is 11.3. The van der Waals surface area contributed by atoms with E-state index in [1.54, 1.807) is 24.3 Å². The van der Waals surface area contributed by atoms with Crippen molar-refractivity contribution in [3.8, 4) is 5.75 Å². The van der Waals surface area contributed by atoms with Crippen LogP contribution in [-0.4, -0.2) is 18.7 Å². The number of rotatable bonds is 5. The first-order valence-corrected chi connectivity index (χ1v) is 5.03. The van der Waals surface area contributed by atoms with Crippen molar-refractivity contribution in [2.24, 2.45) is 0 Å². The Labute approximate surface area is 95.1 Å². The van der Waals surface area contributed by atoms with Crippen LogP contribution in [0.1, 0.15) is 24.2 Å². The molecule has 0 fully saturated rings. The summed E-state index contributed by atoms with van der Waals surface area (Å²) in [5, 5.41) is 0. The van der Waals surface area contributed by atoms with Crippen LogP contribution in [0, 0.1) is 6.92 Å². The predicted octanol–water partition coefficient (Wildman–Crippen LogP) is 2.40. The van der Waals surface area contributed by atoms with E-state index in [0.29, 0.717) is 11.3 Å². The number of benzene rings is 1. The van der Waals surface area contributed by atoms with Gasteiger partial charge in [-0.1, -0.05) is 0 Å². The molecule has 0 aliphatic rings. The average molecular weight is 223 g/mol. The van der Waals surface area contributed by atoms with Crippen LogP contribution >= 0.6 is 0 Å².